The van der Waals surface area contributed by atoms with Gasteiger partial charge in [-0.05, 0) is 68.9 Å². The number of phenolic OH excluding ortho intramolecular Hbond substituents is 1. The van der Waals surface area contributed by atoms with Crippen molar-refractivity contribution < 1.29 is 47.7 Å². The molecule has 1 unspecified atom stereocenters. The number of ketones is 2. The first-order valence-electron chi connectivity index (χ1n) is 15.9. The van der Waals surface area contributed by atoms with Gasteiger partial charge in [-0.25, -0.2) is 9.18 Å². The van der Waals surface area contributed by atoms with Gasteiger partial charge >= 0.3 is 17.9 Å². The average Bonchev–Trinajstić information content (AvgIpc) is 3.23. The van der Waals surface area contributed by atoms with Crippen LogP contribution < -0.4 is 5.73 Å². The fourth-order valence-corrected chi connectivity index (χ4v) is 9.01. The molecule has 0 aromatic heterocycles. The van der Waals surface area contributed by atoms with E-state index in [1.807, 2.05) is 0 Å². The number of rotatable bonds is 8. The Kier molecular flexibility index (Phi) is 8.45. The van der Waals surface area contributed by atoms with Gasteiger partial charge in [0.1, 0.15) is 17.4 Å². The number of ether oxygens (including phenoxy) is 3. The quantitative estimate of drug-likeness (QED) is 0.172. The number of anilines is 1. The molecule has 0 heterocycles. The summed E-state index contributed by atoms with van der Waals surface area (Å²) < 4.78 is 36.0. The van der Waals surface area contributed by atoms with Gasteiger partial charge in [0.2, 0.25) is 5.78 Å². The minimum absolute atomic E-state index is 0.0358. The van der Waals surface area contributed by atoms with E-state index >= 15 is 4.39 Å². The van der Waals surface area contributed by atoms with Crippen LogP contribution in [0.2, 0.25) is 0 Å². The number of carbonyl (C=O) groups is 5. The first kappa shape index (κ1) is 33.3. The first-order chi connectivity index (χ1) is 21.6. The predicted octanol–water partition coefficient (Wildman–Crippen LogP) is 4.97. The monoisotopic (exact) mass is 639 g/mol. The van der Waals surface area contributed by atoms with Crippen molar-refractivity contribution in [1.29, 1.82) is 0 Å². The number of hydrogen-bond acceptors (Lipinski definition) is 10. The molecule has 8 atom stereocenters. The molecule has 248 valence electrons. The molecule has 5 rings (SSSR count). The van der Waals surface area contributed by atoms with Gasteiger partial charge in [-0.15, -0.1) is 0 Å². The van der Waals surface area contributed by atoms with Crippen molar-refractivity contribution in [2.75, 3.05) is 12.3 Å². The Morgan fingerprint density at radius 2 is 1.78 bits per heavy atom. The summed E-state index contributed by atoms with van der Waals surface area (Å²) in [6, 6.07) is 3.87. The second-order valence-electron chi connectivity index (χ2n) is 13.6. The van der Waals surface area contributed by atoms with Crippen LogP contribution in [0.5, 0.6) is 5.75 Å². The molecule has 3 saturated carbocycles. The van der Waals surface area contributed by atoms with Crippen molar-refractivity contribution in [3.05, 3.63) is 47.6 Å². The third kappa shape index (κ3) is 4.76. The number of esters is 3. The second-order valence-corrected chi connectivity index (χ2v) is 13.6. The molecular formula is C35H42FNO9. The summed E-state index contributed by atoms with van der Waals surface area (Å²) in [7, 11) is 0. The van der Waals surface area contributed by atoms with Gasteiger partial charge in [0.05, 0.1) is 0 Å². The van der Waals surface area contributed by atoms with E-state index in [2.05, 4.69) is 0 Å². The molecule has 4 aliphatic rings. The Hall–Kier alpha value is -4.02. The molecule has 0 spiro atoms. The summed E-state index contributed by atoms with van der Waals surface area (Å²) in [6.07, 6.45) is 3.52. The molecule has 0 bridgehead atoms. The molecule has 1 aromatic rings. The molecule has 10 nitrogen and oxygen atoms in total. The predicted molar refractivity (Wildman–Crippen MR) is 164 cm³/mol. The zero-order valence-corrected chi connectivity index (χ0v) is 26.9. The fourth-order valence-electron chi connectivity index (χ4n) is 9.01. The highest BCUT2D eigenvalue weighted by atomic mass is 19.1. The summed E-state index contributed by atoms with van der Waals surface area (Å²) >= 11 is 0. The van der Waals surface area contributed by atoms with Crippen molar-refractivity contribution in [2.24, 2.45) is 28.6 Å². The lowest BCUT2D eigenvalue weighted by Crippen LogP contribution is -2.70. The van der Waals surface area contributed by atoms with Crippen molar-refractivity contribution in [3.63, 3.8) is 0 Å². The van der Waals surface area contributed by atoms with Crippen LogP contribution in [0.25, 0.3) is 0 Å². The van der Waals surface area contributed by atoms with E-state index in [0.717, 1.165) is 0 Å². The van der Waals surface area contributed by atoms with Crippen LogP contribution in [0.4, 0.5) is 10.1 Å². The van der Waals surface area contributed by atoms with Crippen LogP contribution in [0, 0.1) is 28.6 Å². The lowest BCUT2D eigenvalue weighted by atomic mass is 9.44. The number of fused-ring (bicyclic) bond motifs is 5. The third-order valence-corrected chi connectivity index (χ3v) is 11.3. The molecule has 0 saturated heterocycles. The standard InChI is InChI=1S/C35H42FNO9/c1-6-29(41)44-18-27(40)35(46-30(42)7-2)19(3)14-25-24-10-8-20-15-22(38)12-13-32(20,4)34(24,36)28(17-33(25,35)5)45-31(43)23-16-21(37)9-11-26(23)39/h9,11-13,15-16,19,24-25,28,39H,6-8,10,14,17-18,37H2,1-5H3/t19-,24-,25-,28-,32-,33-,34?,35-/m0/s1. The average molecular weight is 640 g/mol. The summed E-state index contributed by atoms with van der Waals surface area (Å²) in [6.45, 7) is 7.77. The van der Waals surface area contributed by atoms with Crippen molar-refractivity contribution in [3.8, 4) is 5.75 Å². The highest BCUT2D eigenvalue weighted by Crippen LogP contribution is 2.72. The van der Waals surface area contributed by atoms with E-state index < -0.39 is 82.0 Å². The van der Waals surface area contributed by atoms with Gasteiger partial charge in [0.25, 0.3) is 0 Å². The number of phenols is 1. The molecule has 0 aliphatic heterocycles. The fraction of sp³-hybridized carbons (Fsp3) is 0.571. The molecule has 3 fully saturated rings. The molecule has 46 heavy (non-hydrogen) atoms. The number of allylic oxidation sites excluding steroid dienone is 4. The normalized spacial score (nSPS) is 36.0. The lowest BCUT2D eigenvalue weighted by molar-refractivity contribution is -0.228. The minimum Gasteiger partial charge on any atom is -0.507 e. The van der Waals surface area contributed by atoms with Crippen LogP contribution in [0.15, 0.2) is 42.0 Å². The maximum absolute atomic E-state index is 18.6. The largest absolute Gasteiger partial charge is 0.507 e. The maximum Gasteiger partial charge on any atom is 0.342 e. The molecule has 0 radical (unpaired) electrons. The van der Waals surface area contributed by atoms with Crippen molar-refractivity contribution >= 4 is 35.2 Å². The van der Waals surface area contributed by atoms with Gasteiger partial charge < -0.3 is 25.1 Å². The van der Waals surface area contributed by atoms with Gasteiger partial charge in [-0.1, -0.05) is 39.3 Å². The zero-order valence-electron chi connectivity index (χ0n) is 26.9. The maximum atomic E-state index is 18.6. The highest BCUT2D eigenvalue weighted by Gasteiger charge is 2.78. The topological polar surface area (TPSA) is 159 Å². The number of nitrogen functional groups attached to an aromatic ring is 1. The van der Waals surface area contributed by atoms with Crippen molar-refractivity contribution in [2.45, 2.75) is 90.5 Å². The van der Waals surface area contributed by atoms with E-state index in [1.165, 1.54) is 36.4 Å². The zero-order chi connectivity index (χ0) is 33.8. The van der Waals surface area contributed by atoms with Gasteiger partial charge in [-0.3, -0.25) is 19.2 Å². The molecule has 1 aromatic carbocycles. The third-order valence-electron chi connectivity index (χ3n) is 11.3. The van der Waals surface area contributed by atoms with Crippen LogP contribution in [-0.4, -0.2) is 58.6 Å². The molecule has 3 N–H and O–H groups in total. The van der Waals surface area contributed by atoms with Gasteiger partial charge in [-0.2, -0.15) is 0 Å². The number of alkyl halides is 1. The summed E-state index contributed by atoms with van der Waals surface area (Å²) in [5.74, 6) is -5.48. The Morgan fingerprint density at radius 3 is 2.46 bits per heavy atom. The Bertz CT molecular complexity index is 1550. The lowest BCUT2D eigenvalue weighted by Gasteiger charge is -2.63. The number of carbonyl (C=O) groups excluding carboxylic acids is 5. The minimum atomic E-state index is -2.26. The molecule has 11 heteroatoms. The summed E-state index contributed by atoms with van der Waals surface area (Å²) in [4.78, 5) is 65.5. The van der Waals surface area contributed by atoms with Crippen LogP contribution in [-0.2, 0) is 33.4 Å². The van der Waals surface area contributed by atoms with E-state index in [4.69, 9.17) is 19.9 Å². The Balaban J connectivity index is 1.68. The summed E-state index contributed by atoms with van der Waals surface area (Å²) in [5.41, 5.74) is -0.304. The number of Topliss-reactive ketones (excluding diaryl/α,β-unsaturated/α-hetero) is 1. The van der Waals surface area contributed by atoms with Gasteiger partial charge in [0, 0.05) is 41.2 Å². The van der Waals surface area contributed by atoms with E-state index in [-0.39, 0.29) is 42.7 Å². The Morgan fingerprint density at radius 1 is 1.09 bits per heavy atom. The SMILES string of the molecule is CCC(=O)OCC(=O)[C@@]1(OC(=O)CC)[C@@H](C)C[C@H]2[C@@H]3CCC4=CC(=O)C=C[C@]4(C)C3(F)[C@@H](OC(=O)c3cc(N)ccc3O)C[C@@]21C. The number of benzene rings is 1. The number of aromatic hydroxyl groups is 1. The summed E-state index contributed by atoms with van der Waals surface area (Å²) in [5, 5.41) is 10.5. The van der Waals surface area contributed by atoms with E-state index in [9.17, 15) is 29.1 Å². The number of hydrogen-bond donors (Lipinski definition) is 2. The smallest absolute Gasteiger partial charge is 0.342 e. The Labute approximate surface area is 267 Å². The van der Waals surface area contributed by atoms with E-state index in [1.54, 1.807) is 34.6 Å². The number of nitrogens with two attached hydrogens (primary N) is 1. The van der Waals surface area contributed by atoms with E-state index in [0.29, 0.717) is 18.4 Å². The molecule has 4 aliphatic carbocycles. The van der Waals surface area contributed by atoms with Crippen LogP contribution >= 0.6 is 0 Å². The molecule has 0 amide bonds. The van der Waals surface area contributed by atoms with Gasteiger partial charge in [0.15, 0.2) is 23.7 Å². The number of halogens is 1. The van der Waals surface area contributed by atoms with Crippen LogP contribution in [0.1, 0.15) is 83.5 Å². The highest BCUT2D eigenvalue weighted by molar-refractivity contribution is 6.01. The second kappa shape index (κ2) is 11.7. The van der Waals surface area contributed by atoms with Crippen molar-refractivity contribution in [1.82, 2.24) is 0 Å². The molecular weight excluding hydrogens is 597 g/mol. The first-order valence-corrected chi connectivity index (χ1v) is 15.9. The van der Waals surface area contributed by atoms with Crippen LogP contribution in [0.3, 0.4) is 0 Å².